The molecule has 29 heavy (non-hydrogen) atoms. The number of aliphatic hydroxyl groups is 1. The highest BCUT2D eigenvalue weighted by Crippen LogP contribution is 2.36. The quantitative estimate of drug-likeness (QED) is 0.633. The van der Waals surface area contributed by atoms with Gasteiger partial charge in [-0.15, -0.1) is 0 Å². The Morgan fingerprint density at radius 2 is 1.48 bits per heavy atom. The fourth-order valence-corrected chi connectivity index (χ4v) is 3.06. The third kappa shape index (κ3) is 5.94. The molecule has 2 aromatic carbocycles. The Kier molecular flexibility index (Phi) is 6.97. The van der Waals surface area contributed by atoms with Gasteiger partial charge in [0.1, 0.15) is 5.60 Å². The maximum absolute atomic E-state index is 13.0. The van der Waals surface area contributed by atoms with Crippen molar-refractivity contribution in [3.05, 3.63) is 70.3 Å². The molecule has 1 unspecified atom stereocenters. The molecule has 0 aliphatic carbocycles. The maximum Gasteiger partial charge on any atom is 0.416 e. The number of benzene rings is 2. The van der Waals surface area contributed by atoms with Gasteiger partial charge in [-0.2, -0.15) is 26.3 Å². The summed E-state index contributed by atoms with van der Waals surface area (Å²) in [6.45, 7) is 0.994. The van der Waals surface area contributed by atoms with Crippen molar-refractivity contribution in [2.75, 3.05) is 13.2 Å². The zero-order chi connectivity index (χ0) is 21.9. The standard InChI is InChI=1S/C20H21F6NO2/c1-13-4-2-3-5-17(13)18(28,6-7-27)12-29-11-14-8-15(19(21,22)23)10-16(9-14)20(24,25)26/h2-5,8-10,28H,6-7,11-12,27H2,1H3. The van der Waals surface area contributed by atoms with Crippen molar-refractivity contribution in [2.45, 2.75) is 37.9 Å². The van der Waals surface area contributed by atoms with E-state index in [1.165, 1.54) is 0 Å². The summed E-state index contributed by atoms with van der Waals surface area (Å²) >= 11 is 0. The molecule has 0 aliphatic heterocycles. The Morgan fingerprint density at radius 3 is 1.97 bits per heavy atom. The molecule has 0 radical (unpaired) electrons. The van der Waals surface area contributed by atoms with Crippen LogP contribution >= 0.6 is 0 Å². The number of alkyl halides is 6. The first-order valence-corrected chi connectivity index (χ1v) is 8.71. The van der Waals surface area contributed by atoms with Crippen molar-refractivity contribution in [3.63, 3.8) is 0 Å². The second kappa shape index (κ2) is 8.73. The summed E-state index contributed by atoms with van der Waals surface area (Å²) in [4.78, 5) is 0. The van der Waals surface area contributed by atoms with Gasteiger partial charge in [0, 0.05) is 0 Å². The number of halogens is 6. The van der Waals surface area contributed by atoms with Gasteiger partial charge < -0.3 is 15.6 Å². The molecule has 3 N–H and O–H groups in total. The largest absolute Gasteiger partial charge is 0.416 e. The summed E-state index contributed by atoms with van der Waals surface area (Å²) in [7, 11) is 0. The molecule has 0 saturated heterocycles. The lowest BCUT2D eigenvalue weighted by molar-refractivity contribution is -0.143. The minimum Gasteiger partial charge on any atom is -0.383 e. The van der Waals surface area contributed by atoms with Crippen molar-refractivity contribution in [1.29, 1.82) is 0 Å². The molecule has 0 saturated carbocycles. The van der Waals surface area contributed by atoms with Crippen LogP contribution in [0.25, 0.3) is 0 Å². The minimum atomic E-state index is -4.93. The van der Waals surface area contributed by atoms with Crippen molar-refractivity contribution >= 4 is 0 Å². The third-order valence-corrected chi connectivity index (χ3v) is 4.46. The van der Waals surface area contributed by atoms with Crippen LogP contribution in [0.5, 0.6) is 0 Å². The number of hydrogen-bond acceptors (Lipinski definition) is 3. The molecule has 0 bridgehead atoms. The molecule has 0 spiro atoms. The van der Waals surface area contributed by atoms with E-state index in [1.807, 2.05) is 0 Å². The lowest BCUT2D eigenvalue weighted by atomic mass is 9.88. The summed E-state index contributed by atoms with van der Waals surface area (Å²) < 4.78 is 83.1. The Bertz CT molecular complexity index is 802. The molecule has 0 amide bonds. The van der Waals surface area contributed by atoms with Crippen LogP contribution in [-0.2, 0) is 29.3 Å². The molecule has 0 heterocycles. The van der Waals surface area contributed by atoms with E-state index in [2.05, 4.69) is 0 Å². The van der Waals surface area contributed by atoms with Crippen LogP contribution in [0, 0.1) is 6.92 Å². The third-order valence-electron chi connectivity index (χ3n) is 4.46. The smallest absolute Gasteiger partial charge is 0.383 e. The van der Waals surface area contributed by atoms with Gasteiger partial charge in [0.05, 0.1) is 24.3 Å². The fourth-order valence-electron chi connectivity index (χ4n) is 3.06. The molecular weight excluding hydrogens is 400 g/mol. The van der Waals surface area contributed by atoms with Crippen molar-refractivity contribution < 1.29 is 36.2 Å². The van der Waals surface area contributed by atoms with Crippen molar-refractivity contribution in [1.82, 2.24) is 0 Å². The number of aryl methyl sites for hydroxylation is 1. The summed E-state index contributed by atoms with van der Waals surface area (Å²) in [5.74, 6) is 0. The number of rotatable bonds is 7. The van der Waals surface area contributed by atoms with E-state index in [1.54, 1.807) is 31.2 Å². The van der Waals surface area contributed by atoms with Crippen LogP contribution in [0.2, 0.25) is 0 Å². The second-order valence-electron chi connectivity index (χ2n) is 6.79. The van der Waals surface area contributed by atoms with Crippen molar-refractivity contribution in [3.8, 4) is 0 Å². The van der Waals surface area contributed by atoms with Crippen LogP contribution in [0.15, 0.2) is 42.5 Å². The first-order chi connectivity index (χ1) is 13.4. The highest BCUT2D eigenvalue weighted by atomic mass is 19.4. The summed E-state index contributed by atoms with van der Waals surface area (Å²) in [6.07, 6.45) is -9.76. The molecule has 2 rings (SSSR count). The van der Waals surface area contributed by atoms with Crippen LogP contribution in [0.4, 0.5) is 26.3 Å². The van der Waals surface area contributed by atoms with E-state index < -0.39 is 35.7 Å². The van der Waals surface area contributed by atoms with Crippen LogP contribution in [0.3, 0.4) is 0 Å². The molecule has 9 heteroatoms. The van der Waals surface area contributed by atoms with Crippen LogP contribution < -0.4 is 5.73 Å². The van der Waals surface area contributed by atoms with Gasteiger partial charge in [0.15, 0.2) is 0 Å². The number of hydrogen-bond donors (Lipinski definition) is 2. The van der Waals surface area contributed by atoms with Gasteiger partial charge in [-0.3, -0.25) is 0 Å². The highest BCUT2D eigenvalue weighted by Gasteiger charge is 2.37. The Morgan fingerprint density at radius 1 is 0.931 bits per heavy atom. The molecular formula is C20H21F6NO2. The Labute approximate surface area is 164 Å². The first-order valence-electron chi connectivity index (χ1n) is 8.71. The van der Waals surface area contributed by atoms with Gasteiger partial charge in [0.2, 0.25) is 0 Å². The molecule has 3 nitrogen and oxygen atoms in total. The molecule has 0 aromatic heterocycles. The first kappa shape index (κ1) is 23.2. The van der Waals surface area contributed by atoms with Crippen molar-refractivity contribution in [2.24, 2.45) is 5.73 Å². The topological polar surface area (TPSA) is 55.5 Å². The minimum absolute atomic E-state index is 0.0571. The normalized spacial score (nSPS) is 14.7. The lowest BCUT2D eigenvalue weighted by Gasteiger charge is -2.29. The fraction of sp³-hybridized carbons (Fsp3) is 0.400. The predicted molar refractivity (Wildman–Crippen MR) is 94.8 cm³/mol. The Balaban J connectivity index is 2.25. The SMILES string of the molecule is Cc1ccccc1C(O)(CCN)COCc1cc(C(F)(F)F)cc(C(F)(F)F)c1. The zero-order valence-corrected chi connectivity index (χ0v) is 15.6. The van der Waals surface area contributed by atoms with E-state index in [4.69, 9.17) is 10.5 Å². The number of ether oxygens (including phenoxy) is 1. The van der Waals surface area contributed by atoms with Gasteiger partial charge >= 0.3 is 12.4 Å². The molecule has 160 valence electrons. The van der Waals surface area contributed by atoms with Gasteiger partial charge in [-0.05, 0) is 54.8 Å². The van der Waals surface area contributed by atoms with E-state index in [0.29, 0.717) is 17.7 Å². The summed E-state index contributed by atoms with van der Waals surface area (Å²) in [5.41, 5.74) is 2.19. The average molecular weight is 421 g/mol. The number of nitrogens with two attached hydrogens (primary N) is 1. The van der Waals surface area contributed by atoms with E-state index in [9.17, 15) is 31.4 Å². The van der Waals surface area contributed by atoms with E-state index in [0.717, 1.165) is 5.56 Å². The summed E-state index contributed by atoms with van der Waals surface area (Å²) in [5, 5.41) is 10.9. The zero-order valence-electron chi connectivity index (χ0n) is 15.6. The van der Waals surface area contributed by atoms with Crippen LogP contribution in [0.1, 0.15) is 34.2 Å². The van der Waals surface area contributed by atoms with E-state index >= 15 is 0 Å². The predicted octanol–water partition coefficient (Wildman–Crippen LogP) is 4.79. The average Bonchev–Trinajstić information content (AvgIpc) is 2.60. The Hall–Kier alpha value is -2.10. The monoisotopic (exact) mass is 421 g/mol. The van der Waals surface area contributed by atoms with Gasteiger partial charge in [-0.25, -0.2) is 0 Å². The second-order valence-corrected chi connectivity index (χ2v) is 6.79. The molecule has 0 aliphatic rings. The van der Waals surface area contributed by atoms with Gasteiger partial charge in [-0.1, -0.05) is 24.3 Å². The van der Waals surface area contributed by atoms with Crippen LogP contribution in [-0.4, -0.2) is 18.3 Å². The highest BCUT2D eigenvalue weighted by molar-refractivity contribution is 5.34. The maximum atomic E-state index is 13.0. The van der Waals surface area contributed by atoms with Gasteiger partial charge in [0.25, 0.3) is 0 Å². The molecule has 0 fully saturated rings. The van der Waals surface area contributed by atoms with E-state index in [-0.39, 0.29) is 31.2 Å². The molecule has 2 aromatic rings. The summed E-state index contributed by atoms with van der Waals surface area (Å²) in [6, 6.07) is 8.16. The lowest BCUT2D eigenvalue weighted by Crippen LogP contribution is -2.35. The molecule has 1 atom stereocenters.